The van der Waals surface area contributed by atoms with Crippen LogP contribution in [-0.4, -0.2) is 23.9 Å². The lowest BCUT2D eigenvalue weighted by molar-refractivity contribution is -0.143. The van der Waals surface area contributed by atoms with E-state index in [1.165, 1.54) is 6.07 Å². The highest BCUT2D eigenvalue weighted by Gasteiger charge is 2.31. The summed E-state index contributed by atoms with van der Waals surface area (Å²) < 4.78 is 47.9. The number of carboxylic acids is 1. The van der Waals surface area contributed by atoms with Crippen molar-refractivity contribution in [3.63, 3.8) is 0 Å². The van der Waals surface area contributed by atoms with Crippen molar-refractivity contribution in [2.75, 3.05) is 6.61 Å². The van der Waals surface area contributed by atoms with Crippen molar-refractivity contribution < 1.29 is 27.8 Å². The molecule has 2 atom stereocenters. The predicted molar refractivity (Wildman–Crippen MR) is 123 cm³/mol. The maximum Gasteiger partial charge on any atom is 0.338 e. The highest BCUT2D eigenvalue weighted by molar-refractivity contribution is 5.72. The first-order chi connectivity index (χ1) is 15.8. The van der Waals surface area contributed by atoms with Gasteiger partial charge >= 0.3 is 5.97 Å². The van der Waals surface area contributed by atoms with Gasteiger partial charge in [-0.15, -0.1) is 0 Å². The van der Waals surface area contributed by atoms with Gasteiger partial charge in [-0.2, -0.15) is 0 Å². The molecule has 0 amide bonds. The van der Waals surface area contributed by atoms with E-state index < -0.39 is 23.8 Å². The van der Waals surface area contributed by atoms with Crippen molar-refractivity contribution in [3.05, 3.63) is 53.6 Å². The first kappa shape index (κ1) is 25.1. The van der Waals surface area contributed by atoms with E-state index in [4.69, 9.17) is 9.84 Å². The second kappa shape index (κ2) is 11.6. The lowest BCUT2D eigenvalue weighted by Gasteiger charge is -2.34. The Balaban J connectivity index is 1.76. The first-order valence-electron chi connectivity index (χ1n) is 11.9. The molecule has 1 N–H and O–H groups in total. The molecule has 0 heterocycles. The Bertz CT molecular complexity index is 938. The van der Waals surface area contributed by atoms with E-state index in [0.29, 0.717) is 29.8 Å². The number of aliphatic carboxylic acids is 1. The summed E-state index contributed by atoms with van der Waals surface area (Å²) in [6, 6.07) is 9.85. The van der Waals surface area contributed by atoms with E-state index in [2.05, 4.69) is 0 Å². The summed E-state index contributed by atoms with van der Waals surface area (Å²) in [6.07, 6.45) is 3.52. The molecule has 2 aromatic carbocycles. The van der Waals surface area contributed by atoms with Crippen LogP contribution in [-0.2, 0) is 4.79 Å². The summed E-state index contributed by atoms with van der Waals surface area (Å²) in [7, 11) is 0. The van der Waals surface area contributed by atoms with Crippen molar-refractivity contribution in [2.45, 2.75) is 70.9 Å². The summed E-state index contributed by atoms with van der Waals surface area (Å²) in [5.41, 5.74) is 1.81. The maximum absolute atomic E-state index is 14.4. The smallest absolute Gasteiger partial charge is 0.338 e. The van der Waals surface area contributed by atoms with Crippen molar-refractivity contribution in [1.29, 1.82) is 0 Å². The van der Waals surface area contributed by atoms with Gasteiger partial charge in [0.1, 0.15) is 5.75 Å². The monoisotopic (exact) mass is 462 g/mol. The van der Waals surface area contributed by atoms with E-state index in [1.807, 2.05) is 26.0 Å². The Labute approximate surface area is 194 Å². The summed E-state index contributed by atoms with van der Waals surface area (Å²) >= 11 is 0. The minimum absolute atomic E-state index is 0.0684. The molecule has 3 rings (SSSR count). The van der Waals surface area contributed by atoms with Crippen LogP contribution in [0.5, 0.6) is 5.75 Å². The Morgan fingerprint density at radius 1 is 1.09 bits per heavy atom. The van der Waals surface area contributed by atoms with Gasteiger partial charge in [0.05, 0.1) is 6.61 Å². The molecule has 33 heavy (non-hydrogen) atoms. The molecule has 1 aliphatic rings. The molecule has 0 saturated heterocycles. The van der Waals surface area contributed by atoms with Crippen LogP contribution in [0, 0.1) is 23.5 Å². The molecule has 6 heteroatoms. The number of halogens is 3. The van der Waals surface area contributed by atoms with Crippen LogP contribution in [0.2, 0.25) is 0 Å². The molecular formula is C27H33F3O3. The van der Waals surface area contributed by atoms with Gasteiger partial charge in [-0.3, -0.25) is 0 Å². The average Bonchev–Trinajstić information content (AvgIpc) is 2.82. The van der Waals surface area contributed by atoms with Gasteiger partial charge in [0.25, 0.3) is 0 Å². The summed E-state index contributed by atoms with van der Waals surface area (Å²) in [4.78, 5) is 10.9. The molecule has 180 valence electrons. The number of hydrogen-bond acceptors (Lipinski definition) is 2. The molecule has 0 aliphatic heterocycles. The molecule has 0 spiro atoms. The largest absolute Gasteiger partial charge is 0.493 e. The zero-order chi connectivity index (χ0) is 24.0. The molecule has 1 fully saturated rings. The zero-order valence-electron chi connectivity index (χ0n) is 19.3. The summed E-state index contributed by atoms with van der Waals surface area (Å²) in [5.74, 6) is -1.91. The molecule has 0 bridgehead atoms. The van der Waals surface area contributed by atoms with Crippen LogP contribution in [0.4, 0.5) is 13.2 Å². The highest BCUT2D eigenvalue weighted by atomic mass is 19.2. The van der Waals surface area contributed by atoms with Crippen LogP contribution in [0.15, 0.2) is 36.4 Å². The van der Waals surface area contributed by atoms with Crippen LogP contribution < -0.4 is 4.74 Å². The molecule has 2 aromatic rings. The third-order valence-corrected chi connectivity index (χ3v) is 6.92. The molecule has 1 aliphatic carbocycles. The minimum Gasteiger partial charge on any atom is -0.493 e. The van der Waals surface area contributed by atoms with Gasteiger partial charge in [-0.25, -0.2) is 18.0 Å². The van der Waals surface area contributed by atoms with E-state index in [0.717, 1.165) is 50.2 Å². The Kier molecular flexibility index (Phi) is 8.81. The molecule has 0 radical (unpaired) electrons. The summed E-state index contributed by atoms with van der Waals surface area (Å²) in [5, 5.41) is 8.91. The lowest BCUT2D eigenvalue weighted by atomic mass is 9.71. The first-order valence-corrected chi connectivity index (χ1v) is 11.9. The fourth-order valence-corrected chi connectivity index (χ4v) is 5.04. The van der Waals surface area contributed by atoms with E-state index >= 15 is 0 Å². The van der Waals surface area contributed by atoms with Crippen LogP contribution in [0.3, 0.4) is 0 Å². The fraction of sp³-hybridized carbons (Fsp3) is 0.519. The Morgan fingerprint density at radius 2 is 1.82 bits per heavy atom. The average molecular weight is 463 g/mol. The van der Waals surface area contributed by atoms with Gasteiger partial charge < -0.3 is 9.84 Å². The Hall–Kier alpha value is -2.50. The maximum atomic E-state index is 14.4. The highest BCUT2D eigenvalue weighted by Crippen LogP contribution is 2.43. The zero-order valence-corrected chi connectivity index (χ0v) is 19.3. The van der Waals surface area contributed by atoms with Crippen LogP contribution in [0.1, 0.15) is 70.3 Å². The van der Waals surface area contributed by atoms with E-state index in [1.54, 1.807) is 12.1 Å². The molecule has 1 saturated carbocycles. The second-order valence-corrected chi connectivity index (χ2v) is 9.03. The van der Waals surface area contributed by atoms with Gasteiger partial charge in [0.2, 0.25) is 0 Å². The standard InChI is InChI=1S/C27H33F3O3/c1-3-14-33-25-16-20(12-13-21(25)22-6-5-7-23(28)26(22)30)19-10-8-18(9-11-19)17(4-2)15-24(29)27(31)32/h5-7,12-13,16-19,24H,3-4,8-11,14-15H2,1-2H3,(H,31,32)/t17?,18?,19?,24-/m0/s1. The van der Waals surface area contributed by atoms with E-state index in [-0.39, 0.29) is 17.9 Å². The number of carboxylic acid groups (broad SMARTS) is 1. The normalized spacial score (nSPS) is 20.3. The predicted octanol–water partition coefficient (Wildman–Crippen LogP) is 7.53. The van der Waals surface area contributed by atoms with Gasteiger partial charge in [-0.1, -0.05) is 44.5 Å². The van der Waals surface area contributed by atoms with Crippen LogP contribution >= 0.6 is 0 Å². The molecule has 1 unspecified atom stereocenters. The van der Waals surface area contributed by atoms with Gasteiger partial charge in [-0.05, 0) is 74.0 Å². The van der Waals surface area contributed by atoms with Crippen molar-refractivity contribution in [1.82, 2.24) is 0 Å². The van der Waals surface area contributed by atoms with Crippen molar-refractivity contribution >= 4 is 5.97 Å². The van der Waals surface area contributed by atoms with Crippen molar-refractivity contribution in [2.24, 2.45) is 11.8 Å². The summed E-state index contributed by atoms with van der Waals surface area (Å²) in [6.45, 7) is 4.46. The number of benzene rings is 2. The van der Waals surface area contributed by atoms with E-state index in [9.17, 15) is 18.0 Å². The molecular weight excluding hydrogens is 429 g/mol. The third kappa shape index (κ3) is 6.10. The number of rotatable bonds is 10. The van der Waals surface area contributed by atoms with Crippen molar-refractivity contribution in [3.8, 4) is 16.9 Å². The number of carbonyl (C=O) groups is 1. The minimum atomic E-state index is -1.80. The lowest BCUT2D eigenvalue weighted by Crippen LogP contribution is -2.26. The topological polar surface area (TPSA) is 46.5 Å². The molecule has 3 nitrogen and oxygen atoms in total. The molecule has 0 aromatic heterocycles. The number of hydrogen-bond donors (Lipinski definition) is 1. The van der Waals surface area contributed by atoms with Gasteiger partial charge in [0.15, 0.2) is 17.8 Å². The Morgan fingerprint density at radius 3 is 2.45 bits per heavy atom. The number of alkyl halides is 1. The quantitative estimate of drug-likeness (QED) is 0.397. The second-order valence-electron chi connectivity index (χ2n) is 9.03. The fourth-order valence-electron chi connectivity index (χ4n) is 5.04. The van der Waals surface area contributed by atoms with Gasteiger partial charge in [0, 0.05) is 11.1 Å². The SMILES string of the molecule is CCCOc1cc(C2CCC(C(CC)C[C@H](F)C(=O)O)CC2)ccc1-c1cccc(F)c1F. The van der Waals surface area contributed by atoms with Crippen LogP contribution in [0.25, 0.3) is 11.1 Å². The third-order valence-electron chi connectivity index (χ3n) is 6.92. The number of ether oxygens (including phenoxy) is 1.